The van der Waals surface area contributed by atoms with Gasteiger partial charge >= 0.3 is 0 Å². The number of carbonyl (C=O) groups excluding carboxylic acids is 1. The highest BCUT2D eigenvalue weighted by atomic mass is 35.5. The van der Waals surface area contributed by atoms with Crippen molar-refractivity contribution in [1.82, 2.24) is 0 Å². The van der Waals surface area contributed by atoms with E-state index in [4.69, 9.17) is 11.6 Å². The second-order valence-corrected chi connectivity index (χ2v) is 6.54. The fraction of sp³-hybridized carbons (Fsp3) is 0.0714. The van der Waals surface area contributed by atoms with Gasteiger partial charge < -0.3 is 5.32 Å². The van der Waals surface area contributed by atoms with Crippen molar-refractivity contribution in [1.29, 1.82) is 0 Å². The van der Waals surface area contributed by atoms with Crippen LogP contribution in [0, 0.1) is 0 Å². The third-order valence-electron chi connectivity index (χ3n) is 2.56. The smallest absolute Gasteiger partial charge is 0.257 e. The molecule has 0 spiro atoms. The average Bonchev–Trinajstić information content (AvgIpc) is 2.40. The summed E-state index contributed by atoms with van der Waals surface area (Å²) in [4.78, 5) is 12.0. The normalized spacial score (nSPS) is 11.0. The minimum atomic E-state index is -3.32. The summed E-state index contributed by atoms with van der Waals surface area (Å²) >= 11 is 5.95. The summed E-state index contributed by atoms with van der Waals surface area (Å²) in [7, 11) is -3.32. The molecule has 21 heavy (non-hydrogen) atoms. The number of nitrogens with one attached hydrogen (secondary N) is 2. The molecule has 0 unspecified atom stereocenters. The van der Waals surface area contributed by atoms with Crippen LogP contribution in [0.1, 0.15) is 10.4 Å². The van der Waals surface area contributed by atoms with E-state index in [9.17, 15) is 13.2 Å². The van der Waals surface area contributed by atoms with Gasteiger partial charge in [0.2, 0.25) is 10.0 Å². The third kappa shape index (κ3) is 4.47. The molecule has 2 aromatic carbocycles. The summed E-state index contributed by atoms with van der Waals surface area (Å²) < 4.78 is 24.5. The van der Waals surface area contributed by atoms with E-state index in [-0.39, 0.29) is 5.91 Å². The molecule has 0 aliphatic carbocycles. The van der Waals surface area contributed by atoms with E-state index in [2.05, 4.69) is 10.0 Å². The monoisotopic (exact) mass is 324 g/mol. The van der Waals surface area contributed by atoms with E-state index in [1.165, 1.54) is 0 Å². The van der Waals surface area contributed by atoms with Crippen molar-refractivity contribution in [3.63, 3.8) is 0 Å². The Labute approximate surface area is 128 Å². The molecule has 2 N–H and O–H groups in total. The van der Waals surface area contributed by atoms with Crippen LogP contribution in [-0.2, 0) is 10.0 Å². The number of amides is 1. The molecule has 5 nitrogen and oxygen atoms in total. The van der Waals surface area contributed by atoms with Gasteiger partial charge in [0.05, 0.1) is 16.8 Å². The Kier molecular flexibility index (Phi) is 4.50. The van der Waals surface area contributed by atoms with Gasteiger partial charge in [-0.2, -0.15) is 0 Å². The van der Waals surface area contributed by atoms with Gasteiger partial charge in [0.25, 0.3) is 5.91 Å². The molecule has 0 saturated heterocycles. The predicted molar refractivity (Wildman–Crippen MR) is 84.3 cm³/mol. The van der Waals surface area contributed by atoms with Crippen molar-refractivity contribution >= 4 is 38.9 Å². The van der Waals surface area contributed by atoms with Crippen LogP contribution in [0.3, 0.4) is 0 Å². The molecule has 0 heterocycles. The number of halogens is 1. The minimum absolute atomic E-state index is 0.329. The lowest BCUT2D eigenvalue weighted by molar-refractivity contribution is 0.102. The first kappa shape index (κ1) is 15.3. The zero-order valence-corrected chi connectivity index (χ0v) is 12.7. The molecule has 1 amide bonds. The summed E-state index contributed by atoms with van der Waals surface area (Å²) in [6.45, 7) is 0. The Hall–Kier alpha value is -2.05. The van der Waals surface area contributed by atoms with Crippen molar-refractivity contribution in [3.05, 3.63) is 59.1 Å². The maximum Gasteiger partial charge on any atom is 0.257 e. The second-order valence-electron chi connectivity index (χ2n) is 4.39. The lowest BCUT2D eigenvalue weighted by atomic mass is 10.2. The number of anilines is 2. The zero-order chi connectivity index (χ0) is 15.5. The number of hydrogen-bond acceptors (Lipinski definition) is 3. The predicted octanol–water partition coefficient (Wildman–Crippen LogP) is 2.96. The standard InChI is InChI=1S/C14H13ClN2O3S/c1-21(19,20)17-11-8-6-10(7-9-11)16-14(18)12-4-2-3-5-13(12)15/h2-9,17H,1H3,(H,16,18). The molecule has 0 bridgehead atoms. The maximum absolute atomic E-state index is 12.0. The topological polar surface area (TPSA) is 75.3 Å². The Morgan fingerprint density at radius 2 is 1.57 bits per heavy atom. The van der Waals surface area contributed by atoms with Crippen LogP contribution in [0.2, 0.25) is 5.02 Å². The molecule has 0 aromatic heterocycles. The van der Waals surface area contributed by atoms with Crippen LogP contribution >= 0.6 is 11.6 Å². The molecular weight excluding hydrogens is 312 g/mol. The quantitative estimate of drug-likeness (QED) is 0.908. The van der Waals surface area contributed by atoms with Crippen LogP contribution in [0.15, 0.2) is 48.5 Å². The van der Waals surface area contributed by atoms with Crippen LogP contribution in [0.5, 0.6) is 0 Å². The molecular formula is C14H13ClN2O3S. The summed E-state index contributed by atoms with van der Waals surface area (Å²) in [5, 5.41) is 3.05. The summed E-state index contributed by atoms with van der Waals surface area (Å²) in [5.41, 5.74) is 1.34. The van der Waals surface area contributed by atoms with Gasteiger partial charge in [0.1, 0.15) is 0 Å². The Balaban J connectivity index is 2.10. The van der Waals surface area contributed by atoms with Crippen molar-refractivity contribution in [3.8, 4) is 0 Å². The lowest BCUT2D eigenvalue weighted by Crippen LogP contribution is -2.13. The minimum Gasteiger partial charge on any atom is -0.322 e. The SMILES string of the molecule is CS(=O)(=O)Nc1ccc(NC(=O)c2ccccc2Cl)cc1. The van der Waals surface area contributed by atoms with Gasteiger partial charge in [0, 0.05) is 11.4 Å². The van der Waals surface area contributed by atoms with Gasteiger partial charge in [-0.25, -0.2) is 8.42 Å². The Bertz CT molecular complexity index is 758. The van der Waals surface area contributed by atoms with E-state index in [1.54, 1.807) is 48.5 Å². The first-order valence-electron chi connectivity index (χ1n) is 5.99. The first-order valence-corrected chi connectivity index (χ1v) is 8.26. The summed E-state index contributed by atoms with van der Waals surface area (Å²) in [6, 6.07) is 13.0. The van der Waals surface area contributed by atoms with Crippen LogP contribution in [0.25, 0.3) is 0 Å². The number of rotatable bonds is 4. The average molecular weight is 325 g/mol. The van der Waals surface area contributed by atoms with Crippen molar-refractivity contribution in [2.24, 2.45) is 0 Å². The van der Waals surface area contributed by atoms with Crippen LogP contribution in [0.4, 0.5) is 11.4 Å². The molecule has 0 radical (unpaired) electrons. The zero-order valence-electron chi connectivity index (χ0n) is 11.1. The molecule has 110 valence electrons. The van der Waals surface area contributed by atoms with Crippen LogP contribution < -0.4 is 10.0 Å². The van der Waals surface area contributed by atoms with E-state index in [1.807, 2.05) is 0 Å². The number of carbonyl (C=O) groups is 1. The van der Waals surface area contributed by atoms with Gasteiger partial charge in [0.15, 0.2) is 0 Å². The summed E-state index contributed by atoms with van der Waals surface area (Å²) in [5.74, 6) is -0.329. The number of sulfonamides is 1. The Morgan fingerprint density at radius 3 is 2.14 bits per heavy atom. The van der Waals surface area contributed by atoms with E-state index in [0.717, 1.165) is 6.26 Å². The highest BCUT2D eigenvalue weighted by Gasteiger charge is 2.09. The molecule has 2 aromatic rings. The van der Waals surface area contributed by atoms with Gasteiger partial charge in [-0.05, 0) is 36.4 Å². The molecule has 7 heteroatoms. The second kappa shape index (κ2) is 6.15. The van der Waals surface area contributed by atoms with Crippen molar-refractivity contribution in [2.75, 3.05) is 16.3 Å². The molecule has 0 saturated carbocycles. The fourth-order valence-electron chi connectivity index (χ4n) is 1.68. The fourth-order valence-corrected chi connectivity index (χ4v) is 2.47. The van der Waals surface area contributed by atoms with Gasteiger partial charge in [-0.15, -0.1) is 0 Å². The van der Waals surface area contributed by atoms with E-state index in [0.29, 0.717) is 22.0 Å². The molecule has 0 atom stereocenters. The van der Waals surface area contributed by atoms with Gasteiger partial charge in [-0.3, -0.25) is 9.52 Å². The molecule has 0 fully saturated rings. The van der Waals surface area contributed by atoms with Crippen molar-refractivity contribution in [2.45, 2.75) is 0 Å². The number of benzene rings is 2. The molecule has 0 aliphatic heterocycles. The highest BCUT2D eigenvalue weighted by Crippen LogP contribution is 2.18. The molecule has 0 aliphatic rings. The highest BCUT2D eigenvalue weighted by molar-refractivity contribution is 7.92. The Morgan fingerprint density at radius 1 is 1.00 bits per heavy atom. The third-order valence-corrected chi connectivity index (χ3v) is 3.50. The summed E-state index contributed by atoms with van der Waals surface area (Å²) in [6.07, 6.45) is 1.07. The molecule has 2 rings (SSSR count). The van der Waals surface area contributed by atoms with Crippen LogP contribution in [-0.4, -0.2) is 20.6 Å². The largest absolute Gasteiger partial charge is 0.322 e. The maximum atomic E-state index is 12.0. The first-order chi connectivity index (χ1) is 9.85. The lowest BCUT2D eigenvalue weighted by Gasteiger charge is -2.08. The van der Waals surface area contributed by atoms with Gasteiger partial charge in [-0.1, -0.05) is 23.7 Å². The number of hydrogen-bond donors (Lipinski definition) is 2. The van der Waals surface area contributed by atoms with Crippen molar-refractivity contribution < 1.29 is 13.2 Å². The van der Waals surface area contributed by atoms with E-state index >= 15 is 0 Å². The van der Waals surface area contributed by atoms with E-state index < -0.39 is 10.0 Å².